The first kappa shape index (κ1) is 11.5. The lowest BCUT2D eigenvalue weighted by atomic mass is 10.2. The minimum Gasteiger partial charge on any atom is -0.424 e. The van der Waals surface area contributed by atoms with Gasteiger partial charge in [-0.15, -0.1) is 22.0 Å². The van der Waals surface area contributed by atoms with E-state index >= 15 is 0 Å². The number of aromatic nitrogens is 2. The number of nitrogens with zero attached hydrogens (tertiary/aromatic N) is 2. The van der Waals surface area contributed by atoms with Gasteiger partial charge in [-0.05, 0) is 18.6 Å². The molecule has 1 heterocycles. The summed E-state index contributed by atoms with van der Waals surface area (Å²) < 4.78 is 5.31. The fraction of sp³-hybridized carbons (Fsp3) is 0.778. The van der Waals surface area contributed by atoms with E-state index in [2.05, 4.69) is 10.2 Å². The fourth-order valence-corrected chi connectivity index (χ4v) is 1.87. The Hall–Kier alpha value is -0.550. The molecule has 0 radical (unpaired) electrons. The summed E-state index contributed by atoms with van der Waals surface area (Å²) in [5.41, 5.74) is 0. The molecule has 1 aromatic rings. The van der Waals surface area contributed by atoms with E-state index in [0.717, 1.165) is 5.75 Å². The van der Waals surface area contributed by atoms with Crippen molar-refractivity contribution in [3.8, 4) is 0 Å². The first-order valence-electron chi connectivity index (χ1n) is 4.66. The third kappa shape index (κ3) is 3.31. The van der Waals surface area contributed by atoms with Crippen LogP contribution in [0.4, 0.5) is 0 Å². The van der Waals surface area contributed by atoms with Crippen molar-refractivity contribution in [2.75, 3.05) is 12.4 Å². The molecule has 0 saturated heterocycles. The lowest BCUT2D eigenvalue weighted by molar-refractivity contribution is 0.250. The van der Waals surface area contributed by atoms with Crippen molar-refractivity contribution < 1.29 is 9.52 Å². The zero-order valence-corrected chi connectivity index (χ0v) is 9.54. The Balaban J connectivity index is 2.39. The van der Waals surface area contributed by atoms with Gasteiger partial charge < -0.3 is 9.52 Å². The zero-order valence-electron chi connectivity index (χ0n) is 8.73. The summed E-state index contributed by atoms with van der Waals surface area (Å²) in [5.74, 6) is 2.48. The zero-order chi connectivity index (χ0) is 10.6. The second kappa shape index (κ2) is 5.36. The van der Waals surface area contributed by atoms with Crippen molar-refractivity contribution in [2.24, 2.45) is 5.92 Å². The number of rotatable bonds is 5. The average molecular weight is 216 g/mol. The summed E-state index contributed by atoms with van der Waals surface area (Å²) in [4.78, 5) is 0. The van der Waals surface area contributed by atoms with Crippen LogP contribution in [-0.2, 0) is 0 Å². The molecule has 0 aliphatic heterocycles. The van der Waals surface area contributed by atoms with E-state index in [1.165, 1.54) is 0 Å². The van der Waals surface area contributed by atoms with Crippen molar-refractivity contribution in [1.82, 2.24) is 10.2 Å². The third-order valence-corrected chi connectivity index (χ3v) is 3.29. The maximum atomic E-state index is 8.86. The Morgan fingerprint density at radius 1 is 1.43 bits per heavy atom. The van der Waals surface area contributed by atoms with Gasteiger partial charge in [0.15, 0.2) is 0 Å². The van der Waals surface area contributed by atoms with E-state index in [9.17, 15) is 0 Å². The van der Waals surface area contributed by atoms with E-state index in [1.54, 1.807) is 18.7 Å². The van der Waals surface area contributed by atoms with Gasteiger partial charge in [0, 0.05) is 13.5 Å². The fourth-order valence-electron chi connectivity index (χ4n) is 0.909. The second-order valence-electron chi connectivity index (χ2n) is 3.42. The number of hydrogen-bond donors (Lipinski definition) is 1. The Morgan fingerprint density at radius 3 is 2.64 bits per heavy atom. The molecule has 5 heteroatoms. The molecule has 4 nitrogen and oxygen atoms in total. The Morgan fingerprint density at radius 2 is 2.14 bits per heavy atom. The topological polar surface area (TPSA) is 59.2 Å². The van der Waals surface area contributed by atoms with Crippen LogP contribution in [0.5, 0.6) is 0 Å². The Bertz CT molecular complexity index is 278. The monoisotopic (exact) mass is 216 g/mol. The third-order valence-electron chi connectivity index (χ3n) is 1.83. The van der Waals surface area contributed by atoms with Crippen LogP contribution in [0.3, 0.4) is 0 Å². The number of aliphatic hydroxyl groups is 1. The minimum absolute atomic E-state index is 0.199. The predicted octanol–water partition coefficient (Wildman–Crippen LogP) is 1.80. The van der Waals surface area contributed by atoms with Gasteiger partial charge in [-0.25, -0.2) is 0 Å². The van der Waals surface area contributed by atoms with Crippen molar-refractivity contribution in [3.63, 3.8) is 0 Å². The molecule has 1 rings (SSSR count). The predicted molar refractivity (Wildman–Crippen MR) is 56.2 cm³/mol. The standard InChI is InChI=1S/C9H16N2O2S/c1-6(4-12)5-14-7(2)9-11-10-8(3)13-9/h6-7,12H,4-5H2,1-3H3. The minimum atomic E-state index is 0.199. The number of aliphatic hydroxyl groups excluding tert-OH is 1. The molecule has 0 aliphatic rings. The highest BCUT2D eigenvalue weighted by Crippen LogP contribution is 2.28. The highest BCUT2D eigenvalue weighted by atomic mass is 32.2. The Labute approximate surface area is 88.1 Å². The van der Waals surface area contributed by atoms with E-state index in [-0.39, 0.29) is 11.9 Å². The van der Waals surface area contributed by atoms with Crippen molar-refractivity contribution in [3.05, 3.63) is 11.8 Å². The Kier molecular flexibility index (Phi) is 4.41. The lowest BCUT2D eigenvalue weighted by Crippen LogP contribution is -2.04. The van der Waals surface area contributed by atoms with Crippen LogP contribution in [0.2, 0.25) is 0 Å². The lowest BCUT2D eigenvalue weighted by Gasteiger charge is -2.10. The molecule has 2 unspecified atom stereocenters. The summed E-state index contributed by atoms with van der Waals surface area (Å²) >= 11 is 1.72. The SMILES string of the molecule is Cc1nnc(C(C)SCC(C)CO)o1. The van der Waals surface area contributed by atoms with Crippen LogP contribution in [0.15, 0.2) is 4.42 Å². The summed E-state index contributed by atoms with van der Waals surface area (Å²) in [6, 6.07) is 0. The van der Waals surface area contributed by atoms with Gasteiger partial charge in [-0.1, -0.05) is 6.92 Å². The summed E-state index contributed by atoms with van der Waals surface area (Å²) in [6.45, 7) is 6.05. The summed E-state index contributed by atoms with van der Waals surface area (Å²) in [6.07, 6.45) is 0. The molecule has 14 heavy (non-hydrogen) atoms. The van der Waals surface area contributed by atoms with Gasteiger partial charge in [0.2, 0.25) is 11.8 Å². The molecule has 0 fully saturated rings. The molecular weight excluding hydrogens is 200 g/mol. The quantitative estimate of drug-likeness (QED) is 0.813. The smallest absolute Gasteiger partial charge is 0.229 e. The van der Waals surface area contributed by atoms with Crippen LogP contribution in [0.1, 0.15) is 30.9 Å². The molecule has 0 saturated carbocycles. The van der Waals surface area contributed by atoms with Crippen LogP contribution in [0.25, 0.3) is 0 Å². The van der Waals surface area contributed by atoms with Crippen LogP contribution in [0, 0.1) is 12.8 Å². The van der Waals surface area contributed by atoms with E-state index in [0.29, 0.717) is 17.7 Å². The van der Waals surface area contributed by atoms with E-state index in [1.807, 2.05) is 13.8 Å². The molecule has 0 aromatic carbocycles. The first-order valence-corrected chi connectivity index (χ1v) is 5.70. The molecule has 0 aliphatic carbocycles. The average Bonchev–Trinajstić information content (AvgIpc) is 2.60. The van der Waals surface area contributed by atoms with Crippen LogP contribution < -0.4 is 0 Å². The molecule has 2 atom stereocenters. The molecule has 80 valence electrons. The van der Waals surface area contributed by atoms with Gasteiger partial charge >= 0.3 is 0 Å². The highest BCUT2D eigenvalue weighted by Gasteiger charge is 2.14. The normalized spacial score (nSPS) is 15.4. The molecular formula is C9H16N2O2S. The van der Waals surface area contributed by atoms with Gasteiger partial charge in [0.05, 0.1) is 5.25 Å². The summed E-state index contributed by atoms with van der Waals surface area (Å²) in [7, 11) is 0. The number of thioether (sulfide) groups is 1. The second-order valence-corrected chi connectivity index (χ2v) is 4.80. The molecule has 1 aromatic heterocycles. The van der Waals surface area contributed by atoms with Crippen LogP contribution in [-0.4, -0.2) is 27.7 Å². The molecule has 0 spiro atoms. The van der Waals surface area contributed by atoms with Crippen LogP contribution >= 0.6 is 11.8 Å². The highest BCUT2D eigenvalue weighted by molar-refractivity contribution is 7.99. The van der Waals surface area contributed by atoms with E-state index in [4.69, 9.17) is 9.52 Å². The first-order chi connectivity index (χ1) is 6.63. The summed E-state index contributed by atoms with van der Waals surface area (Å²) in [5, 5.41) is 16.8. The maximum absolute atomic E-state index is 8.86. The molecule has 1 N–H and O–H groups in total. The van der Waals surface area contributed by atoms with Gasteiger partial charge in [0.1, 0.15) is 0 Å². The van der Waals surface area contributed by atoms with Gasteiger partial charge in [-0.3, -0.25) is 0 Å². The number of hydrogen-bond acceptors (Lipinski definition) is 5. The molecule has 0 amide bonds. The van der Waals surface area contributed by atoms with Gasteiger partial charge in [-0.2, -0.15) is 0 Å². The largest absolute Gasteiger partial charge is 0.424 e. The van der Waals surface area contributed by atoms with Crippen molar-refractivity contribution in [1.29, 1.82) is 0 Å². The van der Waals surface area contributed by atoms with Gasteiger partial charge in [0.25, 0.3) is 0 Å². The molecule has 0 bridgehead atoms. The number of aryl methyl sites for hydroxylation is 1. The maximum Gasteiger partial charge on any atom is 0.229 e. The van der Waals surface area contributed by atoms with E-state index < -0.39 is 0 Å². The van der Waals surface area contributed by atoms with Crippen molar-refractivity contribution in [2.45, 2.75) is 26.0 Å². The van der Waals surface area contributed by atoms with Crippen molar-refractivity contribution >= 4 is 11.8 Å².